The molecule has 0 fully saturated rings. The molecular formula is C20H23N4O4S+. The Bertz CT molecular complexity index is 1030. The molecule has 0 aliphatic heterocycles. The van der Waals surface area contributed by atoms with Gasteiger partial charge in [0.1, 0.15) is 11.3 Å². The van der Waals surface area contributed by atoms with Crippen molar-refractivity contribution >= 4 is 38.3 Å². The number of thiazole rings is 1. The van der Waals surface area contributed by atoms with Crippen LogP contribution in [0.25, 0.3) is 10.2 Å². The van der Waals surface area contributed by atoms with Gasteiger partial charge in [-0.3, -0.25) is 19.8 Å². The minimum absolute atomic E-state index is 0.0616. The molecule has 152 valence electrons. The van der Waals surface area contributed by atoms with Crippen LogP contribution in [-0.4, -0.2) is 50.1 Å². The van der Waals surface area contributed by atoms with Crippen molar-refractivity contribution in [3.8, 4) is 5.75 Å². The average Bonchev–Trinajstić information content (AvgIpc) is 3.13. The number of fused-ring (bicyclic) bond motifs is 1. The van der Waals surface area contributed by atoms with Crippen LogP contribution in [0.3, 0.4) is 0 Å². The maximum absolute atomic E-state index is 13.3. The Balaban J connectivity index is 2.00. The smallest absolute Gasteiger partial charge is 0.282 e. The minimum Gasteiger partial charge on any atom is -0.497 e. The first-order valence-corrected chi connectivity index (χ1v) is 10.0. The maximum atomic E-state index is 13.3. The SMILES string of the molecule is COc1ccc2sc(N(CCC[NH+](C)C)C(=O)c3ccccc3[N+](=O)[O-])nc2c1. The number of carbonyl (C=O) groups excluding carboxylic acids is 1. The average molecular weight is 415 g/mol. The van der Waals surface area contributed by atoms with E-state index in [2.05, 4.69) is 4.98 Å². The van der Waals surface area contributed by atoms with E-state index < -0.39 is 10.8 Å². The summed E-state index contributed by atoms with van der Waals surface area (Å²) in [6.07, 6.45) is 0.744. The van der Waals surface area contributed by atoms with Crippen LogP contribution >= 0.6 is 11.3 Å². The maximum Gasteiger partial charge on any atom is 0.282 e. The molecular weight excluding hydrogens is 392 g/mol. The number of rotatable bonds is 8. The molecule has 29 heavy (non-hydrogen) atoms. The first-order chi connectivity index (χ1) is 13.9. The van der Waals surface area contributed by atoms with Crippen LogP contribution in [-0.2, 0) is 0 Å². The Kier molecular flexibility index (Phi) is 6.40. The monoisotopic (exact) mass is 415 g/mol. The molecule has 0 aliphatic carbocycles. The predicted octanol–water partition coefficient (Wildman–Crippen LogP) is 2.39. The number of amides is 1. The van der Waals surface area contributed by atoms with Gasteiger partial charge >= 0.3 is 0 Å². The van der Waals surface area contributed by atoms with Crippen LogP contribution in [0.5, 0.6) is 5.75 Å². The van der Waals surface area contributed by atoms with Crippen LogP contribution in [0.4, 0.5) is 10.8 Å². The van der Waals surface area contributed by atoms with Gasteiger partial charge in [0.25, 0.3) is 11.6 Å². The number of anilines is 1. The molecule has 3 rings (SSSR count). The molecule has 9 heteroatoms. The van der Waals surface area contributed by atoms with E-state index in [0.29, 0.717) is 17.4 Å². The molecule has 0 unspecified atom stereocenters. The van der Waals surface area contributed by atoms with E-state index in [-0.39, 0.29) is 11.3 Å². The first kappa shape index (κ1) is 20.7. The number of para-hydroxylation sites is 1. The summed E-state index contributed by atoms with van der Waals surface area (Å²) in [5, 5.41) is 11.9. The van der Waals surface area contributed by atoms with E-state index in [9.17, 15) is 14.9 Å². The second-order valence-electron chi connectivity index (χ2n) is 6.87. The molecule has 2 aromatic carbocycles. The van der Waals surface area contributed by atoms with Gasteiger partial charge in [-0.25, -0.2) is 4.98 Å². The van der Waals surface area contributed by atoms with E-state index in [4.69, 9.17) is 4.74 Å². The number of hydrogen-bond acceptors (Lipinski definition) is 6. The molecule has 0 spiro atoms. The lowest BCUT2D eigenvalue weighted by Crippen LogP contribution is -3.05. The number of benzene rings is 2. The molecule has 0 aliphatic rings. The summed E-state index contributed by atoms with van der Waals surface area (Å²) in [5.41, 5.74) is 0.581. The van der Waals surface area contributed by atoms with Gasteiger partial charge in [-0.05, 0) is 18.2 Å². The van der Waals surface area contributed by atoms with Gasteiger partial charge in [-0.2, -0.15) is 0 Å². The lowest BCUT2D eigenvalue weighted by atomic mass is 10.1. The second kappa shape index (κ2) is 8.97. The molecule has 0 radical (unpaired) electrons. The van der Waals surface area contributed by atoms with Gasteiger partial charge in [0.05, 0.1) is 42.9 Å². The summed E-state index contributed by atoms with van der Waals surface area (Å²) >= 11 is 1.38. The summed E-state index contributed by atoms with van der Waals surface area (Å²) in [7, 11) is 5.67. The number of carbonyl (C=O) groups is 1. The van der Waals surface area contributed by atoms with Crippen molar-refractivity contribution in [1.82, 2.24) is 4.98 Å². The Hall–Kier alpha value is -3.04. The lowest BCUT2D eigenvalue weighted by molar-refractivity contribution is -0.858. The zero-order valence-electron chi connectivity index (χ0n) is 16.5. The van der Waals surface area contributed by atoms with E-state index >= 15 is 0 Å². The fourth-order valence-corrected chi connectivity index (χ4v) is 3.94. The predicted molar refractivity (Wildman–Crippen MR) is 113 cm³/mol. The van der Waals surface area contributed by atoms with E-state index in [1.54, 1.807) is 24.1 Å². The number of nitro groups is 1. The summed E-state index contributed by atoms with van der Waals surface area (Å²) in [4.78, 5) is 31.6. The Labute approximate surface area is 172 Å². The molecule has 0 saturated heterocycles. The highest BCUT2D eigenvalue weighted by atomic mass is 32.1. The molecule has 1 amide bonds. The Morgan fingerprint density at radius 1 is 1.28 bits per heavy atom. The molecule has 1 heterocycles. The normalized spacial score (nSPS) is 11.0. The second-order valence-corrected chi connectivity index (χ2v) is 7.88. The highest BCUT2D eigenvalue weighted by Gasteiger charge is 2.27. The highest BCUT2D eigenvalue weighted by molar-refractivity contribution is 7.22. The van der Waals surface area contributed by atoms with E-state index in [1.165, 1.54) is 28.4 Å². The standard InChI is InChI=1S/C20H22N4O4S/c1-22(2)11-6-12-23(19(25)15-7-4-5-8-17(15)24(26)27)20-21-16-13-14(28-3)9-10-18(16)29-20/h4-5,7-10,13H,6,11-12H2,1-3H3/p+1. The van der Waals surface area contributed by atoms with Crippen LogP contribution in [0.1, 0.15) is 16.8 Å². The third kappa shape index (κ3) is 4.69. The van der Waals surface area contributed by atoms with Crippen molar-refractivity contribution in [3.05, 3.63) is 58.1 Å². The quantitative estimate of drug-likeness (QED) is 0.451. The zero-order valence-corrected chi connectivity index (χ0v) is 17.4. The van der Waals surface area contributed by atoms with Crippen LogP contribution in [0.2, 0.25) is 0 Å². The van der Waals surface area contributed by atoms with Crippen molar-refractivity contribution in [2.24, 2.45) is 0 Å². The van der Waals surface area contributed by atoms with Gasteiger partial charge in [0.15, 0.2) is 5.13 Å². The van der Waals surface area contributed by atoms with Crippen LogP contribution in [0, 0.1) is 10.1 Å². The Morgan fingerprint density at radius 3 is 2.72 bits per heavy atom. The van der Waals surface area contributed by atoms with Crippen molar-refractivity contribution in [2.75, 3.05) is 39.2 Å². The number of hydrogen-bond donors (Lipinski definition) is 1. The highest BCUT2D eigenvalue weighted by Crippen LogP contribution is 2.33. The number of nitrogens with zero attached hydrogens (tertiary/aromatic N) is 3. The number of ether oxygens (including phenoxy) is 1. The zero-order chi connectivity index (χ0) is 21.0. The van der Waals surface area contributed by atoms with Crippen molar-refractivity contribution in [2.45, 2.75) is 6.42 Å². The molecule has 1 N–H and O–H groups in total. The number of methoxy groups -OCH3 is 1. The molecule has 0 saturated carbocycles. The number of nitro benzene ring substituents is 1. The summed E-state index contributed by atoms with van der Waals surface area (Å²) in [6, 6.07) is 11.6. The topological polar surface area (TPSA) is 90.0 Å². The fraction of sp³-hybridized carbons (Fsp3) is 0.300. The molecule has 3 aromatic rings. The fourth-order valence-electron chi connectivity index (χ4n) is 2.97. The van der Waals surface area contributed by atoms with Crippen LogP contribution in [0.15, 0.2) is 42.5 Å². The van der Waals surface area contributed by atoms with Crippen molar-refractivity contribution < 1.29 is 19.4 Å². The van der Waals surface area contributed by atoms with Gasteiger partial charge in [-0.15, -0.1) is 0 Å². The number of nitrogens with one attached hydrogen (secondary N) is 1. The largest absolute Gasteiger partial charge is 0.497 e. The molecule has 0 atom stereocenters. The van der Waals surface area contributed by atoms with Gasteiger partial charge in [0.2, 0.25) is 0 Å². The van der Waals surface area contributed by atoms with Gasteiger partial charge in [-0.1, -0.05) is 23.5 Å². The van der Waals surface area contributed by atoms with Gasteiger partial charge < -0.3 is 9.64 Å². The van der Waals surface area contributed by atoms with Gasteiger partial charge in [0, 0.05) is 25.1 Å². The molecule has 1 aromatic heterocycles. The third-order valence-electron chi connectivity index (χ3n) is 4.45. The first-order valence-electron chi connectivity index (χ1n) is 9.19. The number of quaternary nitrogens is 1. The van der Waals surface area contributed by atoms with Crippen LogP contribution < -0.4 is 14.5 Å². The molecule has 0 bridgehead atoms. The number of aromatic nitrogens is 1. The third-order valence-corrected chi connectivity index (χ3v) is 5.51. The molecule has 8 nitrogen and oxygen atoms in total. The summed E-state index contributed by atoms with van der Waals surface area (Å²) < 4.78 is 6.16. The lowest BCUT2D eigenvalue weighted by Gasteiger charge is -2.20. The Morgan fingerprint density at radius 2 is 2.03 bits per heavy atom. The van der Waals surface area contributed by atoms with Crippen molar-refractivity contribution in [1.29, 1.82) is 0 Å². The van der Waals surface area contributed by atoms with E-state index in [0.717, 1.165) is 23.2 Å². The van der Waals surface area contributed by atoms with E-state index in [1.807, 2.05) is 32.3 Å². The minimum atomic E-state index is -0.529. The van der Waals surface area contributed by atoms with Crippen molar-refractivity contribution in [3.63, 3.8) is 0 Å². The summed E-state index contributed by atoms with van der Waals surface area (Å²) in [6.45, 7) is 1.28. The summed E-state index contributed by atoms with van der Waals surface area (Å²) in [5.74, 6) is 0.263.